The number of hydrogen-bond acceptors (Lipinski definition) is 13. The van der Waals surface area contributed by atoms with Gasteiger partial charge in [0.25, 0.3) is 0 Å². The van der Waals surface area contributed by atoms with Crippen LogP contribution in [0.25, 0.3) is 0 Å². The van der Waals surface area contributed by atoms with Gasteiger partial charge in [0.15, 0.2) is 18.3 Å². The third-order valence-electron chi connectivity index (χ3n) is 12.6. The molecule has 3 amide bonds. The van der Waals surface area contributed by atoms with Gasteiger partial charge in [0.1, 0.15) is 17.1 Å². The van der Waals surface area contributed by atoms with Crippen molar-refractivity contribution in [3.05, 3.63) is 83.7 Å². The number of nitrogens with one attached hydrogen (secondary N) is 1. The van der Waals surface area contributed by atoms with E-state index in [4.69, 9.17) is 14.2 Å². The minimum Gasteiger partial charge on any atom is -0.444 e. The molecule has 376 valence electrons. The van der Waals surface area contributed by atoms with E-state index in [-0.39, 0.29) is 94.0 Å². The Balaban J connectivity index is 1.44. The number of nitrogens with zero attached hydrogens (tertiary/aromatic N) is 6. The van der Waals surface area contributed by atoms with Crippen LogP contribution in [0.4, 0.5) is 0 Å². The number of morpholine rings is 1. The Hall–Kier alpha value is -5.65. The van der Waals surface area contributed by atoms with Crippen molar-refractivity contribution in [2.24, 2.45) is 30.7 Å². The van der Waals surface area contributed by atoms with E-state index in [1.54, 1.807) is 27.2 Å². The first-order valence-corrected chi connectivity index (χ1v) is 24.4. The van der Waals surface area contributed by atoms with E-state index < -0.39 is 59.8 Å². The van der Waals surface area contributed by atoms with Crippen LogP contribution in [-0.2, 0) is 74.2 Å². The molecule has 2 aromatic carbocycles. The van der Waals surface area contributed by atoms with Gasteiger partial charge in [-0.05, 0) is 62.0 Å². The first-order chi connectivity index (χ1) is 32.9. The quantitative estimate of drug-likeness (QED) is 0.0578. The van der Waals surface area contributed by atoms with Crippen LogP contribution < -0.4 is 5.32 Å². The predicted octanol–water partition coefficient (Wildman–Crippen LogP) is 4.55. The lowest BCUT2D eigenvalue weighted by Crippen LogP contribution is -2.52. The van der Waals surface area contributed by atoms with Crippen LogP contribution in [0.2, 0.25) is 0 Å². The van der Waals surface area contributed by atoms with E-state index >= 15 is 9.59 Å². The summed E-state index contributed by atoms with van der Waals surface area (Å²) in [6.45, 7) is 11.6. The summed E-state index contributed by atoms with van der Waals surface area (Å²) in [4.78, 5) is 104. The molecular weight excluding hydrogens is 883 g/mol. The van der Waals surface area contributed by atoms with Crippen molar-refractivity contribution in [3.8, 4) is 0 Å². The van der Waals surface area contributed by atoms with Crippen molar-refractivity contribution in [1.29, 1.82) is 0 Å². The molecule has 3 aromatic rings. The van der Waals surface area contributed by atoms with Crippen LogP contribution in [0, 0.1) is 23.7 Å². The first kappa shape index (κ1) is 54.3. The smallest absolute Gasteiger partial charge is 0.308 e. The van der Waals surface area contributed by atoms with E-state index in [0.717, 1.165) is 11.1 Å². The number of rotatable bonds is 29. The van der Waals surface area contributed by atoms with Crippen molar-refractivity contribution < 1.29 is 47.8 Å². The molecule has 0 bridgehead atoms. The van der Waals surface area contributed by atoms with Gasteiger partial charge in [-0.3, -0.25) is 48.0 Å². The monoisotopic (exact) mass is 956 g/mol. The third-order valence-corrected chi connectivity index (χ3v) is 12.6. The normalized spacial score (nSPS) is 17.6. The van der Waals surface area contributed by atoms with Gasteiger partial charge in [0.2, 0.25) is 17.7 Å². The molecule has 1 aromatic heterocycles. The zero-order valence-corrected chi connectivity index (χ0v) is 41.6. The fourth-order valence-corrected chi connectivity index (χ4v) is 8.63. The van der Waals surface area contributed by atoms with Crippen molar-refractivity contribution in [1.82, 2.24) is 35.0 Å². The van der Waals surface area contributed by atoms with Gasteiger partial charge in [0, 0.05) is 64.5 Å². The van der Waals surface area contributed by atoms with Gasteiger partial charge in [-0.2, -0.15) is 0 Å². The molecule has 2 aliphatic heterocycles. The molecule has 2 saturated heterocycles. The summed E-state index contributed by atoms with van der Waals surface area (Å²) in [6.07, 6.45) is 2.21. The molecule has 5 atom stereocenters. The molecule has 1 N–H and O–H groups in total. The SMILES string of the molecule is CC(C)C[C@H](NC(=O)[C@@H](CC(=O)[C@H](CC(C)C)N(COC(=O)CCC(=O)N(C)Cc1cn(C)nn1)C(=O)[C@H](CCc1ccccc1)CC(=O)CN1CCOCC1)Cc1ccccc1)C(=O)[C@@]1(C)CO1. The Morgan fingerprint density at radius 2 is 1.49 bits per heavy atom. The van der Waals surface area contributed by atoms with E-state index in [9.17, 15) is 24.0 Å². The van der Waals surface area contributed by atoms with Crippen molar-refractivity contribution in [2.45, 2.75) is 117 Å². The Morgan fingerprint density at radius 3 is 2.09 bits per heavy atom. The number of carbonyl (C=O) groups is 7. The molecule has 3 heterocycles. The van der Waals surface area contributed by atoms with Crippen molar-refractivity contribution in [2.75, 3.05) is 53.2 Å². The van der Waals surface area contributed by atoms with Crippen molar-refractivity contribution >= 4 is 41.0 Å². The molecule has 2 aliphatic rings. The van der Waals surface area contributed by atoms with Crippen LogP contribution >= 0.6 is 0 Å². The predicted molar refractivity (Wildman–Crippen MR) is 257 cm³/mol. The van der Waals surface area contributed by atoms with Crippen LogP contribution in [0.3, 0.4) is 0 Å². The van der Waals surface area contributed by atoms with Crippen LogP contribution in [0.1, 0.15) is 96.4 Å². The lowest BCUT2D eigenvalue weighted by atomic mass is 9.86. The number of Topliss-reactive ketones (excluding diaryl/α,β-unsaturated/α-hetero) is 3. The summed E-state index contributed by atoms with van der Waals surface area (Å²) < 4.78 is 18.3. The fraction of sp³-hybridized carbons (Fsp3) is 0.596. The van der Waals surface area contributed by atoms with Gasteiger partial charge < -0.3 is 24.4 Å². The molecule has 69 heavy (non-hydrogen) atoms. The summed E-state index contributed by atoms with van der Waals surface area (Å²) in [5.41, 5.74) is 1.35. The van der Waals surface area contributed by atoms with E-state index in [2.05, 4.69) is 15.6 Å². The Bertz CT molecular complexity index is 2170. The average molecular weight is 956 g/mol. The molecule has 0 radical (unpaired) electrons. The highest BCUT2D eigenvalue weighted by molar-refractivity contribution is 5.98. The lowest BCUT2D eigenvalue weighted by Gasteiger charge is -2.35. The molecular formula is C52H73N7O10. The van der Waals surface area contributed by atoms with Crippen molar-refractivity contribution in [3.63, 3.8) is 0 Å². The standard InChI is InChI=1S/C52H73N7O10/c1-36(2)26-44(49(64)52(5)34-69-52)53-50(65)41(28-39-16-12-9-13-17-39)30-46(61)45(27-37(3)4)59(35-68-48(63)21-20-47(62)56(6)31-42-32-57(7)55-54-42)51(66)40(19-18-38-14-10-8-11-15-38)29-43(60)33-58-22-24-67-25-23-58/h8-17,32,36-37,40-41,44-45H,18-31,33-35H2,1-7H3,(H,53,65)/t40-,41-,44+,45+,52-/m1/s1. The van der Waals surface area contributed by atoms with E-state index in [0.29, 0.717) is 44.8 Å². The first-order valence-electron chi connectivity index (χ1n) is 24.4. The number of esters is 1. The Kier molecular flexibility index (Phi) is 20.7. The second-order valence-electron chi connectivity index (χ2n) is 19.7. The molecule has 17 heteroatoms. The molecule has 0 unspecified atom stereocenters. The van der Waals surface area contributed by atoms with Gasteiger partial charge in [-0.15, -0.1) is 5.10 Å². The third kappa shape index (κ3) is 17.7. The second-order valence-corrected chi connectivity index (χ2v) is 19.7. The van der Waals surface area contributed by atoms with Crippen LogP contribution in [0.5, 0.6) is 0 Å². The summed E-state index contributed by atoms with van der Waals surface area (Å²) >= 11 is 0. The summed E-state index contributed by atoms with van der Waals surface area (Å²) in [5, 5.41) is 10.9. The fourth-order valence-electron chi connectivity index (χ4n) is 8.63. The second kappa shape index (κ2) is 26.4. The van der Waals surface area contributed by atoms with Gasteiger partial charge >= 0.3 is 5.97 Å². The maximum Gasteiger partial charge on any atom is 0.308 e. The molecule has 17 nitrogen and oxygen atoms in total. The average Bonchev–Trinajstić information content (AvgIpc) is 3.95. The number of carbonyl (C=O) groups excluding carboxylic acids is 7. The molecule has 0 spiro atoms. The number of epoxide rings is 1. The minimum atomic E-state index is -1.17. The zero-order valence-electron chi connectivity index (χ0n) is 41.6. The number of aromatic nitrogens is 3. The zero-order chi connectivity index (χ0) is 50.1. The highest BCUT2D eigenvalue weighted by atomic mass is 16.6. The number of ether oxygens (including phenoxy) is 3. The molecule has 2 fully saturated rings. The molecule has 5 rings (SSSR count). The van der Waals surface area contributed by atoms with Crippen LogP contribution in [0.15, 0.2) is 66.9 Å². The number of amides is 3. The van der Waals surface area contributed by atoms with Crippen LogP contribution in [-0.4, -0.2) is 142 Å². The lowest BCUT2D eigenvalue weighted by molar-refractivity contribution is -0.161. The minimum absolute atomic E-state index is 0.0623. The number of benzene rings is 2. The van der Waals surface area contributed by atoms with Gasteiger partial charge in [-0.1, -0.05) is 93.6 Å². The highest BCUT2D eigenvalue weighted by Crippen LogP contribution is 2.31. The molecule has 0 aliphatic carbocycles. The topological polar surface area (TPSA) is 203 Å². The van der Waals surface area contributed by atoms with Gasteiger partial charge in [-0.25, -0.2) is 0 Å². The van der Waals surface area contributed by atoms with Gasteiger partial charge in [0.05, 0.1) is 51.4 Å². The van der Waals surface area contributed by atoms with E-state index in [1.165, 1.54) is 14.5 Å². The summed E-state index contributed by atoms with van der Waals surface area (Å²) in [6, 6.07) is 16.9. The Morgan fingerprint density at radius 1 is 0.855 bits per heavy atom. The molecule has 0 saturated carbocycles. The maximum atomic E-state index is 15.3. The number of hydrogen-bond donors (Lipinski definition) is 1. The highest BCUT2D eigenvalue weighted by Gasteiger charge is 2.50. The number of aryl methyl sites for hydroxylation is 2. The number of ketones is 3. The summed E-state index contributed by atoms with van der Waals surface area (Å²) in [7, 11) is 3.31. The maximum absolute atomic E-state index is 15.3. The Labute approximate surface area is 406 Å². The largest absolute Gasteiger partial charge is 0.444 e. The van der Waals surface area contributed by atoms with E-state index in [1.807, 2.05) is 93.3 Å². The summed E-state index contributed by atoms with van der Waals surface area (Å²) in [5.74, 6) is -4.84.